The van der Waals surface area contributed by atoms with E-state index in [1.165, 1.54) is 42.5 Å². The number of imide groups is 1. The SMILES string of the molecule is CCOC(=O)c1cc(NC(=O)CN2C(=O)S/C(=C\c3c(F)cccc3Cl)C2=O)ccc1Cl. The van der Waals surface area contributed by atoms with Gasteiger partial charge >= 0.3 is 5.97 Å². The lowest BCUT2D eigenvalue weighted by Crippen LogP contribution is -2.36. The summed E-state index contributed by atoms with van der Waals surface area (Å²) in [5.74, 6) is -2.74. The Kier molecular flexibility index (Phi) is 7.55. The molecule has 3 amide bonds. The zero-order chi connectivity index (χ0) is 23.4. The van der Waals surface area contributed by atoms with Crippen LogP contribution in [0.4, 0.5) is 14.9 Å². The number of rotatable bonds is 6. The van der Waals surface area contributed by atoms with Crippen molar-refractivity contribution in [2.75, 3.05) is 18.5 Å². The molecule has 7 nitrogen and oxygen atoms in total. The first-order valence-electron chi connectivity index (χ1n) is 9.17. The zero-order valence-electron chi connectivity index (χ0n) is 16.5. The predicted octanol–water partition coefficient (Wildman–Crippen LogP) is 4.98. The minimum Gasteiger partial charge on any atom is -0.462 e. The third-order valence-corrected chi connectivity index (χ3v) is 5.76. The molecule has 0 atom stereocenters. The lowest BCUT2D eigenvalue weighted by molar-refractivity contribution is -0.127. The number of carbonyl (C=O) groups is 4. The maximum atomic E-state index is 14.0. The first-order valence-corrected chi connectivity index (χ1v) is 10.7. The van der Waals surface area contributed by atoms with E-state index in [-0.39, 0.29) is 38.4 Å². The van der Waals surface area contributed by atoms with E-state index < -0.39 is 35.4 Å². The molecule has 1 aliphatic heterocycles. The fraction of sp³-hybridized carbons (Fsp3) is 0.143. The highest BCUT2D eigenvalue weighted by molar-refractivity contribution is 8.18. The van der Waals surface area contributed by atoms with E-state index in [1.807, 2.05) is 0 Å². The Morgan fingerprint density at radius 3 is 2.62 bits per heavy atom. The quantitative estimate of drug-likeness (QED) is 0.447. The summed E-state index contributed by atoms with van der Waals surface area (Å²) in [6.07, 6.45) is 1.17. The van der Waals surface area contributed by atoms with Crippen LogP contribution in [0.5, 0.6) is 0 Å². The standard InChI is InChI=1S/C21H15Cl2FN2O5S/c1-2-31-20(29)13-8-11(6-7-15(13)23)25-18(27)10-26-19(28)17(32-21(26)30)9-12-14(22)4-3-5-16(12)24/h3-9H,2,10H2,1H3,(H,25,27)/b17-9-. The van der Waals surface area contributed by atoms with E-state index in [9.17, 15) is 23.6 Å². The summed E-state index contributed by atoms with van der Waals surface area (Å²) in [5, 5.41) is 2.03. The number of halogens is 3. The van der Waals surface area contributed by atoms with Crippen molar-refractivity contribution in [1.29, 1.82) is 0 Å². The molecule has 0 saturated carbocycles. The van der Waals surface area contributed by atoms with Gasteiger partial charge in [-0.25, -0.2) is 9.18 Å². The van der Waals surface area contributed by atoms with Crippen molar-refractivity contribution in [1.82, 2.24) is 4.90 Å². The van der Waals surface area contributed by atoms with Gasteiger partial charge < -0.3 is 10.1 Å². The molecule has 1 aliphatic rings. The number of anilines is 1. The zero-order valence-corrected chi connectivity index (χ0v) is 18.8. The topological polar surface area (TPSA) is 92.8 Å². The van der Waals surface area contributed by atoms with Crippen LogP contribution in [0.2, 0.25) is 10.0 Å². The lowest BCUT2D eigenvalue weighted by Gasteiger charge is -2.13. The minimum absolute atomic E-state index is 0.0308. The van der Waals surface area contributed by atoms with Gasteiger partial charge in [-0.2, -0.15) is 0 Å². The molecule has 0 bridgehead atoms. The second-order valence-corrected chi connectivity index (χ2v) is 8.17. The molecule has 2 aromatic carbocycles. The molecule has 1 heterocycles. The van der Waals surface area contributed by atoms with Crippen LogP contribution in [-0.2, 0) is 14.3 Å². The number of nitrogens with one attached hydrogen (secondary N) is 1. The number of amides is 3. The molecule has 1 N–H and O–H groups in total. The first kappa shape index (κ1) is 23.8. The molecule has 1 saturated heterocycles. The van der Waals surface area contributed by atoms with Gasteiger partial charge in [-0.15, -0.1) is 0 Å². The van der Waals surface area contributed by atoms with Gasteiger partial charge in [0.1, 0.15) is 12.4 Å². The summed E-state index contributed by atoms with van der Waals surface area (Å²) in [7, 11) is 0. The smallest absolute Gasteiger partial charge is 0.339 e. The van der Waals surface area contributed by atoms with Crippen molar-refractivity contribution in [3.63, 3.8) is 0 Å². The van der Waals surface area contributed by atoms with E-state index >= 15 is 0 Å². The van der Waals surface area contributed by atoms with E-state index in [0.29, 0.717) is 11.8 Å². The van der Waals surface area contributed by atoms with Crippen LogP contribution < -0.4 is 5.32 Å². The van der Waals surface area contributed by atoms with Gasteiger partial charge in [0.2, 0.25) is 5.91 Å². The Bertz CT molecular complexity index is 1130. The summed E-state index contributed by atoms with van der Waals surface area (Å²) >= 11 is 12.5. The van der Waals surface area contributed by atoms with Crippen molar-refractivity contribution in [2.45, 2.75) is 6.92 Å². The second kappa shape index (κ2) is 10.2. The molecule has 0 radical (unpaired) electrons. The van der Waals surface area contributed by atoms with Gasteiger partial charge in [0.15, 0.2) is 0 Å². The van der Waals surface area contributed by atoms with E-state index in [1.54, 1.807) is 6.92 Å². The lowest BCUT2D eigenvalue weighted by atomic mass is 10.2. The maximum absolute atomic E-state index is 14.0. The summed E-state index contributed by atoms with van der Waals surface area (Å²) < 4.78 is 18.9. The van der Waals surface area contributed by atoms with Crippen LogP contribution in [-0.4, -0.2) is 41.1 Å². The van der Waals surface area contributed by atoms with E-state index in [0.717, 1.165) is 4.90 Å². The summed E-state index contributed by atoms with van der Waals surface area (Å²) in [6, 6.07) is 8.22. The van der Waals surface area contributed by atoms with Crippen molar-refractivity contribution < 1.29 is 28.3 Å². The van der Waals surface area contributed by atoms with Gasteiger partial charge in [0.25, 0.3) is 11.1 Å². The summed E-state index contributed by atoms with van der Waals surface area (Å²) in [5.41, 5.74) is 0.252. The van der Waals surface area contributed by atoms with Gasteiger partial charge in [-0.3, -0.25) is 19.3 Å². The molecule has 11 heteroatoms. The molecule has 0 aromatic heterocycles. The average Bonchev–Trinajstić information content (AvgIpc) is 2.99. The van der Waals surface area contributed by atoms with Gasteiger partial charge in [0, 0.05) is 11.3 Å². The third-order valence-electron chi connectivity index (χ3n) is 4.20. The van der Waals surface area contributed by atoms with Gasteiger partial charge in [0.05, 0.1) is 27.1 Å². The summed E-state index contributed by atoms with van der Waals surface area (Å²) in [6.45, 7) is 1.21. The van der Waals surface area contributed by atoms with Crippen molar-refractivity contribution in [3.05, 3.63) is 68.3 Å². The number of ether oxygens (including phenoxy) is 1. The van der Waals surface area contributed by atoms with Gasteiger partial charge in [-0.05, 0) is 55.1 Å². The number of hydrogen-bond donors (Lipinski definition) is 1. The van der Waals surface area contributed by atoms with Crippen LogP contribution in [0.25, 0.3) is 6.08 Å². The third kappa shape index (κ3) is 5.29. The number of carbonyl (C=O) groups excluding carboxylic acids is 4. The highest BCUT2D eigenvalue weighted by Gasteiger charge is 2.36. The van der Waals surface area contributed by atoms with Crippen LogP contribution >= 0.6 is 35.0 Å². The first-order chi connectivity index (χ1) is 15.2. The Morgan fingerprint density at radius 2 is 1.94 bits per heavy atom. The molecule has 2 aromatic rings. The Hall–Kier alpha value is -2.88. The molecular weight excluding hydrogens is 482 g/mol. The Morgan fingerprint density at radius 1 is 1.19 bits per heavy atom. The summed E-state index contributed by atoms with van der Waals surface area (Å²) in [4.78, 5) is 49.8. The van der Waals surface area contributed by atoms with Crippen LogP contribution in [0.1, 0.15) is 22.8 Å². The van der Waals surface area contributed by atoms with E-state index in [2.05, 4.69) is 5.32 Å². The molecule has 32 heavy (non-hydrogen) atoms. The van der Waals surface area contributed by atoms with Crippen LogP contribution in [0.15, 0.2) is 41.3 Å². The van der Waals surface area contributed by atoms with E-state index in [4.69, 9.17) is 27.9 Å². The van der Waals surface area contributed by atoms with Crippen LogP contribution in [0.3, 0.4) is 0 Å². The second-order valence-electron chi connectivity index (χ2n) is 6.37. The largest absolute Gasteiger partial charge is 0.462 e. The Balaban J connectivity index is 1.73. The van der Waals surface area contributed by atoms with Gasteiger partial charge in [-0.1, -0.05) is 29.3 Å². The monoisotopic (exact) mass is 496 g/mol. The predicted molar refractivity (Wildman–Crippen MR) is 120 cm³/mol. The molecule has 0 unspecified atom stereocenters. The van der Waals surface area contributed by atoms with Crippen molar-refractivity contribution in [3.8, 4) is 0 Å². The number of esters is 1. The number of thioether (sulfide) groups is 1. The number of nitrogens with zero attached hydrogens (tertiary/aromatic N) is 1. The maximum Gasteiger partial charge on any atom is 0.339 e. The normalized spacial score (nSPS) is 14.8. The molecule has 3 rings (SSSR count). The fourth-order valence-electron chi connectivity index (χ4n) is 2.73. The van der Waals surface area contributed by atoms with Crippen LogP contribution in [0, 0.1) is 5.82 Å². The fourth-order valence-corrected chi connectivity index (χ4v) is 3.96. The minimum atomic E-state index is -0.752. The molecule has 0 spiro atoms. The molecular formula is C21H15Cl2FN2O5S. The molecule has 0 aliphatic carbocycles. The highest BCUT2D eigenvalue weighted by Crippen LogP contribution is 2.34. The molecule has 1 fully saturated rings. The highest BCUT2D eigenvalue weighted by atomic mass is 35.5. The van der Waals surface area contributed by atoms with Crippen molar-refractivity contribution >= 4 is 69.8 Å². The average molecular weight is 497 g/mol. The number of benzene rings is 2. The van der Waals surface area contributed by atoms with Crippen molar-refractivity contribution in [2.24, 2.45) is 0 Å². The Labute approximate surface area is 196 Å². The number of hydrogen-bond acceptors (Lipinski definition) is 6. The molecule has 166 valence electrons.